The second-order valence-corrected chi connectivity index (χ2v) is 4.88. The van der Waals surface area contributed by atoms with Gasteiger partial charge >= 0.3 is 0 Å². The fraction of sp³-hybridized carbons (Fsp3) is 0.467. The maximum atomic E-state index is 12.4. The van der Waals surface area contributed by atoms with Crippen LogP contribution in [0.15, 0.2) is 30.3 Å². The van der Waals surface area contributed by atoms with Gasteiger partial charge in [0.2, 0.25) is 11.8 Å². The minimum Gasteiger partial charge on any atom is -0.339 e. The summed E-state index contributed by atoms with van der Waals surface area (Å²) < 4.78 is 0. The second-order valence-electron chi connectivity index (χ2n) is 4.88. The standard InChI is InChI=1S/C15H20N2O2/c1-2-3-7-10-17-11-13(18)16-14(15(17)19)12-8-5-4-6-9-12/h4-6,8-9,14H,2-3,7,10-11H2,1H3,(H,16,18). The van der Waals surface area contributed by atoms with E-state index in [1.807, 2.05) is 30.3 Å². The first kappa shape index (κ1) is 13.6. The molecule has 1 fully saturated rings. The third-order valence-corrected chi connectivity index (χ3v) is 3.36. The summed E-state index contributed by atoms with van der Waals surface area (Å²) in [7, 11) is 0. The molecule has 1 aromatic rings. The fourth-order valence-corrected chi connectivity index (χ4v) is 2.32. The largest absolute Gasteiger partial charge is 0.339 e. The molecular formula is C15H20N2O2. The molecule has 1 aliphatic heterocycles. The Labute approximate surface area is 113 Å². The Balaban J connectivity index is 2.08. The molecule has 0 radical (unpaired) electrons. The van der Waals surface area contributed by atoms with Gasteiger partial charge in [0.25, 0.3) is 0 Å². The van der Waals surface area contributed by atoms with E-state index in [0.29, 0.717) is 6.54 Å². The number of amides is 2. The summed E-state index contributed by atoms with van der Waals surface area (Å²) >= 11 is 0. The molecule has 4 nitrogen and oxygen atoms in total. The first-order valence-electron chi connectivity index (χ1n) is 6.85. The Hall–Kier alpha value is -1.84. The van der Waals surface area contributed by atoms with Gasteiger partial charge in [0.05, 0.1) is 6.54 Å². The van der Waals surface area contributed by atoms with E-state index in [1.54, 1.807) is 4.90 Å². The molecule has 19 heavy (non-hydrogen) atoms. The maximum Gasteiger partial charge on any atom is 0.250 e. The number of unbranched alkanes of at least 4 members (excludes halogenated alkanes) is 2. The van der Waals surface area contributed by atoms with Crippen molar-refractivity contribution in [1.82, 2.24) is 10.2 Å². The second kappa shape index (κ2) is 6.36. The average Bonchev–Trinajstić information content (AvgIpc) is 2.43. The van der Waals surface area contributed by atoms with Gasteiger partial charge in [-0.1, -0.05) is 50.1 Å². The first-order chi connectivity index (χ1) is 9.22. The van der Waals surface area contributed by atoms with E-state index in [2.05, 4.69) is 12.2 Å². The van der Waals surface area contributed by atoms with Crippen molar-refractivity contribution in [2.24, 2.45) is 0 Å². The van der Waals surface area contributed by atoms with Gasteiger partial charge < -0.3 is 10.2 Å². The Bertz CT molecular complexity index is 445. The molecule has 1 heterocycles. The molecule has 1 N–H and O–H groups in total. The van der Waals surface area contributed by atoms with E-state index in [0.717, 1.165) is 24.8 Å². The average molecular weight is 260 g/mol. The Morgan fingerprint density at radius 1 is 1.21 bits per heavy atom. The molecule has 1 aromatic carbocycles. The molecule has 2 rings (SSSR count). The minimum absolute atomic E-state index is 0.00176. The van der Waals surface area contributed by atoms with Gasteiger partial charge in [0.15, 0.2) is 0 Å². The Morgan fingerprint density at radius 3 is 2.63 bits per heavy atom. The van der Waals surface area contributed by atoms with Crippen molar-refractivity contribution in [3.8, 4) is 0 Å². The van der Waals surface area contributed by atoms with Gasteiger partial charge in [0.1, 0.15) is 6.04 Å². The smallest absolute Gasteiger partial charge is 0.250 e. The van der Waals surface area contributed by atoms with E-state index < -0.39 is 6.04 Å². The van der Waals surface area contributed by atoms with Gasteiger partial charge in [-0.15, -0.1) is 0 Å². The summed E-state index contributed by atoms with van der Waals surface area (Å²) in [5, 5.41) is 2.77. The number of nitrogens with one attached hydrogen (secondary N) is 1. The molecule has 0 saturated carbocycles. The zero-order chi connectivity index (χ0) is 13.7. The third kappa shape index (κ3) is 3.34. The first-order valence-corrected chi connectivity index (χ1v) is 6.85. The fourth-order valence-electron chi connectivity index (χ4n) is 2.32. The Morgan fingerprint density at radius 2 is 1.95 bits per heavy atom. The van der Waals surface area contributed by atoms with E-state index in [9.17, 15) is 9.59 Å². The molecule has 0 spiro atoms. The van der Waals surface area contributed by atoms with Gasteiger partial charge in [-0.2, -0.15) is 0 Å². The SMILES string of the molecule is CCCCCN1CC(=O)NC(c2ccccc2)C1=O. The molecule has 1 aliphatic rings. The lowest BCUT2D eigenvalue weighted by Gasteiger charge is -2.32. The lowest BCUT2D eigenvalue weighted by molar-refractivity contribution is -0.144. The summed E-state index contributed by atoms with van der Waals surface area (Å²) in [6.07, 6.45) is 3.15. The van der Waals surface area contributed by atoms with Crippen molar-refractivity contribution in [2.45, 2.75) is 32.2 Å². The van der Waals surface area contributed by atoms with E-state index in [1.165, 1.54) is 0 Å². The van der Waals surface area contributed by atoms with Crippen LogP contribution in [-0.4, -0.2) is 29.8 Å². The van der Waals surface area contributed by atoms with Crippen molar-refractivity contribution < 1.29 is 9.59 Å². The number of rotatable bonds is 5. The van der Waals surface area contributed by atoms with E-state index >= 15 is 0 Å². The summed E-state index contributed by atoms with van der Waals surface area (Å²) in [5.74, 6) is -0.0770. The lowest BCUT2D eigenvalue weighted by atomic mass is 10.0. The third-order valence-electron chi connectivity index (χ3n) is 3.36. The summed E-state index contributed by atoms with van der Waals surface area (Å²) in [4.78, 5) is 25.8. The van der Waals surface area contributed by atoms with Crippen molar-refractivity contribution in [3.63, 3.8) is 0 Å². The molecule has 1 atom stereocenters. The molecule has 1 saturated heterocycles. The highest BCUT2D eigenvalue weighted by Crippen LogP contribution is 2.19. The molecular weight excluding hydrogens is 240 g/mol. The van der Waals surface area contributed by atoms with Crippen molar-refractivity contribution in [1.29, 1.82) is 0 Å². The van der Waals surface area contributed by atoms with Crippen LogP contribution < -0.4 is 5.32 Å². The monoisotopic (exact) mass is 260 g/mol. The number of piperazine rings is 1. The van der Waals surface area contributed by atoms with Gasteiger partial charge in [-0.25, -0.2) is 0 Å². The van der Waals surface area contributed by atoms with Gasteiger partial charge in [-0.05, 0) is 12.0 Å². The van der Waals surface area contributed by atoms with E-state index in [-0.39, 0.29) is 18.4 Å². The van der Waals surface area contributed by atoms with Crippen LogP contribution >= 0.6 is 0 Å². The van der Waals surface area contributed by atoms with Crippen LogP contribution in [0.2, 0.25) is 0 Å². The molecule has 1 unspecified atom stereocenters. The molecule has 0 aromatic heterocycles. The van der Waals surface area contributed by atoms with Gasteiger partial charge in [-0.3, -0.25) is 9.59 Å². The summed E-state index contributed by atoms with van der Waals surface area (Å²) in [6.45, 7) is 2.98. The number of carbonyl (C=O) groups excluding carboxylic acids is 2. The van der Waals surface area contributed by atoms with Crippen molar-refractivity contribution >= 4 is 11.8 Å². The van der Waals surface area contributed by atoms with Crippen LogP contribution in [0.4, 0.5) is 0 Å². The molecule has 2 amide bonds. The van der Waals surface area contributed by atoms with Crippen LogP contribution in [-0.2, 0) is 9.59 Å². The van der Waals surface area contributed by atoms with Crippen LogP contribution in [0.1, 0.15) is 37.8 Å². The summed E-state index contributed by atoms with van der Waals surface area (Å²) in [6, 6.07) is 8.88. The molecule has 4 heteroatoms. The number of hydrogen-bond donors (Lipinski definition) is 1. The zero-order valence-electron chi connectivity index (χ0n) is 11.3. The lowest BCUT2D eigenvalue weighted by Crippen LogP contribution is -2.53. The number of carbonyl (C=O) groups is 2. The normalized spacial score (nSPS) is 19.4. The predicted octanol–water partition coefficient (Wildman–Crippen LogP) is 1.88. The maximum absolute atomic E-state index is 12.4. The van der Waals surface area contributed by atoms with Gasteiger partial charge in [0, 0.05) is 6.54 Å². The van der Waals surface area contributed by atoms with Crippen LogP contribution in [0.5, 0.6) is 0 Å². The minimum atomic E-state index is -0.524. The van der Waals surface area contributed by atoms with Crippen molar-refractivity contribution in [3.05, 3.63) is 35.9 Å². The molecule has 102 valence electrons. The highest BCUT2D eigenvalue weighted by atomic mass is 16.2. The van der Waals surface area contributed by atoms with Crippen LogP contribution in [0, 0.1) is 0 Å². The van der Waals surface area contributed by atoms with E-state index in [4.69, 9.17) is 0 Å². The predicted molar refractivity (Wildman–Crippen MR) is 73.4 cm³/mol. The number of hydrogen-bond acceptors (Lipinski definition) is 2. The number of benzene rings is 1. The summed E-state index contributed by atoms with van der Waals surface area (Å²) in [5.41, 5.74) is 0.848. The van der Waals surface area contributed by atoms with Crippen LogP contribution in [0.25, 0.3) is 0 Å². The van der Waals surface area contributed by atoms with Crippen LogP contribution in [0.3, 0.4) is 0 Å². The number of nitrogens with zero attached hydrogens (tertiary/aromatic N) is 1. The van der Waals surface area contributed by atoms with Crippen molar-refractivity contribution in [2.75, 3.05) is 13.1 Å². The zero-order valence-corrected chi connectivity index (χ0v) is 11.3. The highest BCUT2D eigenvalue weighted by Gasteiger charge is 2.32. The highest BCUT2D eigenvalue weighted by molar-refractivity contribution is 5.95. The molecule has 0 aliphatic carbocycles. The topological polar surface area (TPSA) is 49.4 Å². The quantitative estimate of drug-likeness (QED) is 0.822. The molecule has 0 bridgehead atoms. The Kier molecular flexibility index (Phi) is 4.55.